The summed E-state index contributed by atoms with van der Waals surface area (Å²) in [5.41, 5.74) is 5.65. The Morgan fingerprint density at radius 3 is 2.46 bits per heavy atom. The van der Waals surface area contributed by atoms with Crippen LogP contribution in [0.5, 0.6) is 0 Å². The summed E-state index contributed by atoms with van der Waals surface area (Å²) >= 11 is 0. The van der Waals surface area contributed by atoms with Crippen LogP contribution in [0.3, 0.4) is 0 Å². The number of aliphatic hydroxyl groups is 2. The van der Waals surface area contributed by atoms with Gasteiger partial charge in [-0.25, -0.2) is 23.8 Å². The Balaban J connectivity index is 0.000000479. The van der Waals surface area contributed by atoms with E-state index >= 15 is 0 Å². The summed E-state index contributed by atoms with van der Waals surface area (Å²) in [6.45, 7) is 9.50. The molecule has 4 heterocycles. The van der Waals surface area contributed by atoms with Gasteiger partial charge in [0.25, 0.3) is 5.56 Å². The molecule has 16 heteroatoms. The molecule has 1 aliphatic rings. The molecule has 1 saturated heterocycles. The zero-order valence-corrected chi connectivity index (χ0v) is 21.5. The van der Waals surface area contributed by atoms with Crippen molar-refractivity contribution in [2.75, 3.05) is 36.8 Å². The highest BCUT2D eigenvalue weighted by Gasteiger charge is 2.45. The molecule has 0 saturated carbocycles. The molecule has 0 bridgehead atoms. The third-order valence-electron chi connectivity index (χ3n) is 5.76. The average molecular weight is 541 g/mol. The lowest BCUT2D eigenvalue weighted by atomic mass is 10.1. The van der Waals surface area contributed by atoms with Crippen LogP contribution in [-0.2, 0) is 19.2 Å². The summed E-state index contributed by atoms with van der Waals surface area (Å²) in [4.78, 5) is 27.8. The van der Waals surface area contributed by atoms with E-state index in [0.29, 0.717) is 4.68 Å². The predicted octanol–water partition coefficient (Wildman–Crippen LogP) is -0.957. The standard InChI is InChI=1S/C15H17N7O7S.C6H15N/c16-13-10-14(18-6-17-13)21(7-19-10)15-12(25)11(24)8(29-15)5-28-30(26,27)20-22-4-2-1-3-9(22)23;1-4-7(5-2)6-3/h1-4,6-8,11-12,15,20,24-25H,5H2,(H2,16,17,18);4-6H2,1-3H3/t8-,11-,12-,15-;/m1./s1. The topological polar surface area (TPSA) is 200 Å². The number of fused-ring (bicyclic) bond motifs is 1. The number of hydrogen-bond donors (Lipinski definition) is 4. The van der Waals surface area contributed by atoms with Gasteiger partial charge in [0.05, 0.1) is 12.9 Å². The molecule has 0 aromatic carbocycles. The third-order valence-corrected chi connectivity index (χ3v) is 6.63. The van der Waals surface area contributed by atoms with Crippen LogP contribution in [0.15, 0.2) is 41.8 Å². The van der Waals surface area contributed by atoms with Crippen LogP contribution < -0.4 is 16.1 Å². The quantitative estimate of drug-likeness (QED) is 0.259. The fraction of sp³-hybridized carbons (Fsp3) is 0.524. The molecule has 1 aliphatic heterocycles. The smallest absolute Gasteiger partial charge is 0.373 e. The van der Waals surface area contributed by atoms with Crippen molar-refractivity contribution in [3.63, 3.8) is 0 Å². The summed E-state index contributed by atoms with van der Waals surface area (Å²) in [7, 11) is -4.41. The number of aromatic nitrogens is 5. The molecule has 0 spiro atoms. The number of imidazole rings is 1. The first-order valence-electron chi connectivity index (χ1n) is 11.6. The molecule has 0 unspecified atom stereocenters. The maximum absolute atomic E-state index is 12.1. The van der Waals surface area contributed by atoms with Crippen LogP contribution in [0, 0.1) is 0 Å². The van der Waals surface area contributed by atoms with Gasteiger partial charge < -0.3 is 25.6 Å². The molecule has 5 N–H and O–H groups in total. The fourth-order valence-corrected chi connectivity index (χ4v) is 4.39. The van der Waals surface area contributed by atoms with Crippen LogP contribution in [0.1, 0.15) is 27.0 Å². The summed E-state index contributed by atoms with van der Waals surface area (Å²) < 4.78 is 36.6. The van der Waals surface area contributed by atoms with Gasteiger partial charge in [-0.2, -0.15) is 13.2 Å². The SMILES string of the molecule is CCN(CC)CC.Nc1ncnc2c1ncn2[C@@H]1O[C@H](COS(=O)(=O)Nn2ccccc2=O)[C@@H](O)[C@H]1O. The number of aliphatic hydroxyl groups excluding tert-OH is 2. The molecule has 15 nitrogen and oxygen atoms in total. The Hall–Kier alpha value is -3.15. The molecule has 37 heavy (non-hydrogen) atoms. The largest absolute Gasteiger partial charge is 0.387 e. The lowest BCUT2D eigenvalue weighted by Gasteiger charge is -2.16. The molecule has 1 fully saturated rings. The van der Waals surface area contributed by atoms with Gasteiger partial charge in [-0.15, -0.1) is 0 Å². The van der Waals surface area contributed by atoms with Gasteiger partial charge in [0.2, 0.25) is 0 Å². The Kier molecular flexibility index (Phi) is 9.52. The normalized spacial score (nSPS) is 21.7. The zero-order chi connectivity index (χ0) is 27.2. The van der Waals surface area contributed by atoms with Crippen LogP contribution in [0.2, 0.25) is 0 Å². The van der Waals surface area contributed by atoms with Gasteiger partial charge in [-0.3, -0.25) is 9.36 Å². The van der Waals surface area contributed by atoms with E-state index in [9.17, 15) is 23.4 Å². The minimum atomic E-state index is -4.41. The van der Waals surface area contributed by atoms with E-state index in [1.807, 2.05) is 4.83 Å². The first kappa shape index (κ1) is 28.4. The Morgan fingerprint density at radius 1 is 1.14 bits per heavy atom. The molecular weight excluding hydrogens is 508 g/mol. The van der Waals surface area contributed by atoms with E-state index in [1.54, 1.807) is 0 Å². The van der Waals surface area contributed by atoms with Crippen LogP contribution in [0.4, 0.5) is 5.82 Å². The second-order valence-electron chi connectivity index (χ2n) is 7.99. The summed E-state index contributed by atoms with van der Waals surface area (Å²) in [5.74, 6) is 0.125. The number of nitrogen functional groups attached to an aromatic ring is 1. The molecule has 4 rings (SSSR count). The summed E-state index contributed by atoms with van der Waals surface area (Å²) in [5, 5.41) is 20.6. The number of nitrogens with two attached hydrogens (primary N) is 1. The van der Waals surface area contributed by atoms with E-state index in [-0.39, 0.29) is 17.0 Å². The van der Waals surface area contributed by atoms with Crippen molar-refractivity contribution in [1.29, 1.82) is 0 Å². The van der Waals surface area contributed by atoms with Crippen molar-refractivity contribution in [3.8, 4) is 0 Å². The predicted molar refractivity (Wildman–Crippen MR) is 134 cm³/mol. The van der Waals surface area contributed by atoms with Crippen LogP contribution in [0.25, 0.3) is 11.2 Å². The van der Waals surface area contributed by atoms with E-state index in [4.69, 9.17) is 14.7 Å². The highest BCUT2D eigenvalue weighted by atomic mass is 32.2. The van der Waals surface area contributed by atoms with Crippen molar-refractivity contribution >= 4 is 27.3 Å². The monoisotopic (exact) mass is 540 g/mol. The second kappa shape index (κ2) is 12.4. The fourth-order valence-electron chi connectivity index (χ4n) is 3.63. The number of anilines is 1. The maximum Gasteiger partial charge on any atom is 0.373 e. The molecular formula is C21H32N8O7S. The lowest BCUT2D eigenvalue weighted by Crippen LogP contribution is -2.37. The van der Waals surface area contributed by atoms with E-state index < -0.39 is 47.0 Å². The maximum atomic E-state index is 12.1. The summed E-state index contributed by atoms with van der Waals surface area (Å²) in [6.07, 6.45) is -1.52. The van der Waals surface area contributed by atoms with Crippen molar-refractivity contribution in [2.45, 2.75) is 45.3 Å². The van der Waals surface area contributed by atoms with Gasteiger partial charge in [-0.05, 0) is 25.7 Å². The number of nitrogens with one attached hydrogen (secondary N) is 1. The van der Waals surface area contributed by atoms with E-state index in [2.05, 4.69) is 40.6 Å². The zero-order valence-electron chi connectivity index (χ0n) is 20.7. The van der Waals surface area contributed by atoms with Crippen LogP contribution in [-0.4, -0.2) is 92.3 Å². The number of nitrogens with zero attached hydrogens (tertiary/aromatic N) is 6. The first-order valence-corrected chi connectivity index (χ1v) is 13.0. The second-order valence-corrected chi connectivity index (χ2v) is 9.31. The number of hydrogen-bond acceptors (Lipinski definition) is 12. The highest BCUT2D eigenvalue weighted by molar-refractivity contribution is 7.87. The Labute approximate surface area is 213 Å². The molecule has 0 aliphatic carbocycles. The molecule has 0 radical (unpaired) electrons. The lowest BCUT2D eigenvalue weighted by molar-refractivity contribution is -0.0467. The molecule has 3 aromatic rings. The van der Waals surface area contributed by atoms with Gasteiger partial charge >= 0.3 is 10.3 Å². The minimum Gasteiger partial charge on any atom is -0.387 e. The van der Waals surface area contributed by atoms with E-state index in [1.165, 1.54) is 55.2 Å². The number of pyridine rings is 1. The molecule has 204 valence electrons. The van der Waals surface area contributed by atoms with Gasteiger partial charge in [0.15, 0.2) is 17.7 Å². The molecule has 4 atom stereocenters. The average Bonchev–Trinajstić information content (AvgIpc) is 3.43. The van der Waals surface area contributed by atoms with Gasteiger partial charge in [-0.1, -0.05) is 26.8 Å². The van der Waals surface area contributed by atoms with Crippen molar-refractivity contribution in [2.24, 2.45) is 0 Å². The Bertz CT molecular complexity index is 1320. The third kappa shape index (κ3) is 6.79. The molecule has 3 aromatic heterocycles. The summed E-state index contributed by atoms with van der Waals surface area (Å²) in [6, 6.07) is 4.04. The first-order chi connectivity index (χ1) is 17.6. The number of rotatable bonds is 9. The number of ether oxygens (including phenoxy) is 1. The van der Waals surface area contributed by atoms with E-state index in [0.717, 1.165) is 6.07 Å². The van der Waals surface area contributed by atoms with Gasteiger partial charge in [0, 0.05) is 12.3 Å². The minimum absolute atomic E-state index is 0.125. The Morgan fingerprint density at radius 2 is 1.84 bits per heavy atom. The molecule has 0 amide bonds. The van der Waals surface area contributed by atoms with Crippen molar-refractivity contribution in [1.82, 2.24) is 29.1 Å². The van der Waals surface area contributed by atoms with Gasteiger partial charge in [0.1, 0.15) is 30.2 Å². The van der Waals surface area contributed by atoms with Crippen LogP contribution >= 0.6 is 0 Å². The van der Waals surface area contributed by atoms with Crippen molar-refractivity contribution < 1.29 is 27.6 Å². The highest BCUT2D eigenvalue weighted by Crippen LogP contribution is 2.32. The van der Waals surface area contributed by atoms with Crippen molar-refractivity contribution in [3.05, 3.63) is 47.4 Å².